The molecule has 3 rings (SSSR count). The summed E-state index contributed by atoms with van der Waals surface area (Å²) in [5.74, 6) is 1.42. The fourth-order valence-corrected chi connectivity index (χ4v) is 2.76. The topological polar surface area (TPSA) is 76.1 Å². The van der Waals surface area contributed by atoms with Gasteiger partial charge in [-0.05, 0) is 48.7 Å². The Bertz CT molecular complexity index is 922. The van der Waals surface area contributed by atoms with Crippen LogP contribution in [0.15, 0.2) is 60.9 Å². The number of nitrogens with zero attached hydrogens (tertiary/aromatic N) is 2. The molecule has 0 aliphatic rings. The number of aromatic nitrogens is 2. The summed E-state index contributed by atoms with van der Waals surface area (Å²) in [5, 5.41) is 6.07. The summed E-state index contributed by atoms with van der Waals surface area (Å²) in [6.45, 7) is 6.80. The van der Waals surface area contributed by atoms with E-state index in [4.69, 9.17) is 4.74 Å². The molecule has 0 saturated carbocycles. The fourth-order valence-electron chi connectivity index (χ4n) is 2.76. The number of benzene rings is 2. The van der Waals surface area contributed by atoms with Crippen molar-refractivity contribution in [2.24, 2.45) is 0 Å². The Morgan fingerprint density at radius 1 is 1.04 bits per heavy atom. The fraction of sp³-hybridized carbons (Fsp3) is 0.227. The van der Waals surface area contributed by atoms with Gasteiger partial charge >= 0.3 is 0 Å². The molecule has 1 aromatic heterocycles. The highest BCUT2D eigenvalue weighted by atomic mass is 16.5. The molecule has 6 nitrogen and oxygen atoms in total. The lowest BCUT2D eigenvalue weighted by Crippen LogP contribution is -2.14. The van der Waals surface area contributed by atoms with Crippen molar-refractivity contribution in [2.75, 3.05) is 17.2 Å². The zero-order valence-electron chi connectivity index (χ0n) is 16.3. The van der Waals surface area contributed by atoms with Crippen LogP contribution in [0.4, 0.5) is 17.2 Å². The monoisotopic (exact) mass is 376 g/mol. The van der Waals surface area contributed by atoms with Gasteiger partial charge in [0, 0.05) is 11.4 Å². The molecule has 144 valence electrons. The first kappa shape index (κ1) is 19.4. The van der Waals surface area contributed by atoms with Crippen molar-refractivity contribution >= 4 is 23.1 Å². The maximum Gasteiger partial charge on any atom is 0.275 e. The predicted molar refractivity (Wildman–Crippen MR) is 111 cm³/mol. The highest BCUT2D eigenvalue weighted by Crippen LogP contribution is 2.26. The van der Waals surface area contributed by atoms with Crippen molar-refractivity contribution < 1.29 is 9.53 Å². The number of anilines is 3. The van der Waals surface area contributed by atoms with Gasteiger partial charge in [0.15, 0.2) is 0 Å². The number of amides is 1. The quantitative estimate of drug-likeness (QED) is 0.607. The molecule has 0 radical (unpaired) electrons. The second-order valence-electron chi connectivity index (χ2n) is 6.57. The number of nitrogens with one attached hydrogen (secondary N) is 2. The summed E-state index contributed by atoms with van der Waals surface area (Å²) in [5.41, 5.74) is 3.10. The van der Waals surface area contributed by atoms with Gasteiger partial charge in [-0.1, -0.05) is 32.0 Å². The highest BCUT2D eigenvalue weighted by molar-refractivity contribution is 6.02. The molecule has 0 fully saturated rings. The first-order valence-corrected chi connectivity index (χ1v) is 9.29. The van der Waals surface area contributed by atoms with E-state index < -0.39 is 0 Å². The summed E-state index contributed by atoms with van der Waals surface area (Å²) in [6.07, 6.45) is 3.02. The molecule has 1 heterocycles. The molecule has 1 amide bonds. The molecule has 6 heteroatoms. The molecular weight excluding hydrogens is 352 g/mol. The number of carbonyl (C=O) groups excluding carboxylic acids is 1. The van der Waals surface area contributed by atoms with Gasteiger partial charge in [0.05, 0.1) is 19.0 Å². The normalized spacial score (nSPS) is 10.6. The molecule has 0 spiro atoms. The van der Waals surface area contributed by atoms with Crippen molar-refractivity contribution in [3.63, 3.8) is 0 Å². The molecule has 0 unspecified atom stereocenters. The van der Waals surface area contributed by atoms with Crippen LogP contribution in [0.1, 0.15) is 42.7 Å². The van der Waals surface area contributed by atoms with Gasteiger partial charge in [-0.2, -0.15) is 0 Å². The number of carbonyl (C=O) groups is 1. The zero-order chi connectivity index (χ0) is 19.9. The van der Waals surface area contributed by atoms with E-state index in [1.807, 2.05) is 37.3 Å². The van der Waals surface area contributed by atoms with Crippen LogP contribution in [0.25, 0.3) is 0 Å². The van der Waals surface area contributed by atoms with Crippen molar-refractivity contribution in [1.29, 1.82) is 0 Å². The smallest absolute Gasteiger partial charge is 0.275 e. The number of ether oxygens (including phenoxy) is 1. The van der Waals surface area contributed by atoms with Gasteiger partial charge in [0.1, 0.15) is 17.3 Å². The lowest BCUT2D eigenvalue weighted by molar-refractivity contribution is 0.102. The van der Waals surface area contributed by atoms with E-state index in [9.17, 15) is 4.79 Å². The molecule has 2 aromatic carbocycles. The number of hydrogen-bond donors (Lipinski definition) is 2. The summed E-state index contributed by atoms with van der Waals surface area (Å²) in [4.78, 5) is 20.9. The van der Waals surface area contributed by atoms with Gasteiger partial charge in [0.2, 0.25) is 0 Å². The summed E-state index contributed by atoms with van der Waals surface area (Å²) >= 11 is 0. The van der Waals surface area contributed by atoms with Crippen LogP contribution < -0.4 is 15.4 Å². The molecule has 0 aliphatic heterocycles. The van der Waals surface area contributed by atoms with Crippen LogP contribution in [0, 0.1) is 0 Å². The first-order chi connectivity index (χ1) is 13.6. The van der Waals surface area contributed by atoms with Crippen LogP contribution in [-0.4, -0.2) is 22.5 Å². The van der Waals surface area contributed by atoms with E-state index in [0.717, 1.165) is 11.4 Å². The lowest BCUT2D eigenvalue weighted by atomic mass is 10.0. The summed E-state index contributed by atoms with van der Waals surface area (Å²) in [7, 11) is 0. The Balaban J connectivity index is 1.66. The minimum atomic E-state index is -0.314. The molecule has 28 heavy (non-hydrogen) atoms. The molecule has 0 saturated heterocycles. The van der Waals surface area contributed by atoms with E-state index in [-0.39, 0.29) is 11.6 Å². The van der Waals surface area contributed by atoms with E-state index in [0.29, 0.717) is 24.0 Å². The molecule has 0 bridgehead atoms. The van der Waals surface area contributed by atoms with Gasteiger partial charge < -0.3 is 15.4 Å². The third-order valence-electron chi connectivity index (χ3n) is 4.15. The van der Waals surface area contributed by atoms with E-state index in [1.165, 1.54) is 11.8 Å². The maximum absolute atomic E-state index is 12.4. The third-order valence-corrected chi connectivity index (χ3v) is 4.15. The summed E-state index contributed by atoms with van der Waals surface area (Å²) in [6, 6.07) is 15.3. The minimum Gasteiger partial charge on any atom is -0.494 e. The van der Waals surface area contributed by atoms with Gasteiger partial charge in [-0.15, -0.1) is 0 Å². The van der Waals surface area contributed by atoms with Crippen molar-refractivity contribution in [3.05, 3.63) is 72.2 Å². The second-order valence-corrected chi connectivity index (χ2v) is 6.57. The molecule has 2 N–H and O–H groups in total. The van der Waals surface area contributed by atoms with Gasteiger partial charge in [0.25, 0.3) is 5.91 Å². The van der Waals surface area contributed by atoms with Crippen LogP contribution in [0.2, 0.25) is 0 Å². The SMILES string of the molecule is CCOc1ccc(NC(=O)c2cnc(Nc3ccccc3C(C)C)cn2)cc1. The third kappa shape index (κ3) is 4.85. The Hall–Kier alpha value is -3.41. The molecular formula is C22H24N4O2. The van der Waals surface area contributed by atoms with Crippen molar-refractivity contribution in [1.82, 2.24) is 9.97 Å². The largest absolute Gasteiger partial charge is 0.494 e. The van der Waals surface area contributed by atoms with Crippen molar-refractivity contribution in [3.8, 4) is 5.75 Å². The summed E-state index contributed by atoms with van der Waals surface area (Å²) < 4.78 is 5.39. The molecule has 0 atom stereocenters. The molecule has 3 aromatic rings. The minimum absolute atomic E-state index is 0.247. The lowest BCUT2D eigenvalue weighted by Gasteiger charge is -2.14. The average Bonchev–Trinajstić information content (AvgIpc) is 2.70. The van der Waals surface area contributed by atoms with Gasteiger partial charge in [-0.25, -0.2) is 9.97 Å². The zero-order valence-corrected chi connectivity index (χ0v) is 16.3. The Kier molecular flexibility index (Phi) is 6.22. The van der Waals surface area contributed by atoms with E-state index in [2.05, 4.69) is 40.5 Å². The Morgan fingerprint density at radius 2 is 1.79 bits per heavy atom. The van der Waals surface area contributed by atoms with Crippen molar-refractivity contribution in [2.45, 2.75) is 26.7 Å². The maximum atomic E-state index is 12.4. The van der Waals surface area contributed by atoms with E-state index >= 15 is 0 Å². The number of para-hydroxylation sites is 1. The van der Waals surface area contributed by atoms with Crippen LogP contribution in [-0.2, 0) is 0 Å². The van der Waals surface area contributed by atoms with Crippen LogP contribution in [0.3, 0.4) is 0 Å². The second kappa shape index (κ2) is 8.99. The predicted octanol–water partition coefficient (Wildman–Crippen LogP) is 4.99. The van der Waals surface area contributed by atoms with E-state index in [1.54, 1.807) is 18.3 Å². The number of hydrogen-bond acceptors (Lipinski definition) is 5. The Morgan fingerprint density at radius 3 is 2.43 bits per heavy atom. The molecule has 0 aliphatic carbocycles. The average molecular weight is 376 g/mol. The van der Waals surface area contributed by atoms with Crippen LogP contribution >= 0.6 is 0 Å². The van der Waals surface area contributed by atoms with Crippen LogP contribution in [0.5, 0.6) is 5.75 Å². The van der Waals surface area contributed by atoms with Gasteiger partial charge in [-0.3, -0.25) is 4.79 Å². The first-order valence-electron chi connectivity index (χ1n) is 9.29. The highest BCUT2D eigenvalue weighted by Gasteiger charge is 2.10. The Labute approximate surface area is 165 Å². The standard InChI is InChI=1S/C22H24N4O2/c1-4-28-17-11-9-16(10-12-17)25-22(27)20-13-24-21(14-23-20)26-19-8-6-5-7-18(19)15(2)3/h5-15H,4H2,1-3H3,(H,24,26)(H,25,27). The number of rotatable bonds is 7.